The van der Waals surface area contributed by atoms with Gasteiger partial charge in [-0.3, -0.25) is 14.4 Å². The van der Waals surface area contributed by atoms with Gasteiger partial charge in [-0.2, -0.15) is 0 Å². The molecule has 7 heteroatoms. The zero-order chi connectivity index (χ0) is 23.8. The Morgan fingerprint density at radius 1 is 0.794 bits per heavy atom. The van der Waals surface area contributed by atoms with Crippen molar-refractivity contribution < 1.29 is 14.4 Å². The van der Waals surface area contributed by atoms with Crippen molar-refractivity contribution in [3.8, 4) is 0 Å². The largest absolute Gasteiger partial charge is 0.361 e. The van der Waals surface area contributed by atoms with Crippen molar-refractivity contribution in [2.45, 2.75) is 19.0 Å². The van der Waals surface area contributed by atoms with E-state index in [1.165, 1.54) is 0 Å². The van der Waals surface area contributed by atoms with Gasteiger partial charge in [-0.15, -0.1) is 0 Å². The van der Waals surface area contributed by atoms with Crippen molar-refractivity contribution in [1.29, 1.82) is 0 Å². The van der Waals surface area contributed by atoms with E-state index in [9.17, 15) is 14.4 Å². The molecular formula is C27H26N4O3. The second kappa shape index (κ2) is 11.0. The Balaban J connectivity index is 1.42. The number of rotatable bonds is 9. The number of fused-ring (bicyclic) bond motifs is 1. The number of amides is 3. The number of para-hydroxylation sites is 1. The highest BCUT2D eigenvalue weighted by Gasteiger charge is 2.23. The van der Waals surface area contributed by atoms with Crippen molar-refractivity contribution in [3.63, 3.8) is 0 Å². The van der Waals surface area contributed by atoms with Gasteiger partial charge in [0.2, 0.25) is 11.8 Å². The number of carbonyl (C=O) groups excluding carboxylic acids is 3. The Kier molecular flexibility index (Phi) is 7.35. The third-order valence-electron chi connectivity index (χ3n) is 5.51. The molecule has 0 aliphatic rings. The minimum Gasteiger partial charge on any atom is -0.361 e. The lowest BCUT2D eigenvalue weighted by molar-refractivity contribution is -0.127. The van der Waals surface area contributed by atoms with Crippen LogP contribution in [0.4, 0.5) is 0 Å². The second-order valence-electron chi connectivity index (χ2n) is 7.94. The van der Waals surface area contributed by atoms with Gasteiger partial charge >= 0.3 is 0 Å². The van der Waals surface area contributed by atoms with Gasteiger partial charge in [-0.1, -0.05) is 66.7 Å². The van der Waals surface area contributed by atoms with Gasteiger partial charge in [-0.25, -0.2) is 0 Å². The van der Waals surface area contributed by atoms with Crippen LogP contribution in [0.15, 0.2) is 91.1 Å². The zero-order valence-corrected chi connectivity index (χ0v) is 18.6. The van der Waals surface area contributed by atoms with Gasteiger partial charge < -0.3 is 20.9 Å². The summed E-state index contributed by atoms with van der Waals surface area (Å²) in [7, 11) is 0. The minimum absolute atomic E-state index is 0.183. The quantitative estimate of drug-likeness (QED) is 0.313. The lowest BCUT2D eigenvalue weighted by Crippen LogP contribution is -2.50. The topological polar surface area (TPSA) is 103 Å². The molecule has 3 amide bonds. The van der Waals surface area contributed by atoms with E-state index in [2.05, 4.69) is 20.9 Å². The van der Waals surface area contributed by atoms with Crippen LogP contribution in [0.2, 0.25) is 0 Å². The van der Waals surface area contributed by atoms with Crippen LogP contribution < -0.4 is 16.0 Å². The van der Waals surface area contributed by atoms with Crippen LogP contribution in [0.5, 0.6) is 0 Å². The van der Waals surface area contributed by atoms with Crippen molar-refractivity contribution >= 4 is 28.6 Å². The van der Waals surface area contributed by atoms with Gasteiger partial charge in [0.1, 0.15) is 6.04 Å². The number of benzene rings is 3. The minimum atomic E-state index is -0.853. The molecule has 0 fully saturated rings. The number of hydrogen-bond donors (Lipinski definition) is 4. The summed E-state index contributed by atoms with van der Waals surface area (Å²) in [5.41, 5.74) is 3.28. The Morgan fingerprint density at radius 3 is 2.24 bits per heavy atom. The van der Waals surface area contributed by atoms with Gasteiger partial charge in [0.25, 0.3) is 5.91 Å². The van der Waals surface area contributed by atoms with E-state index in [-0.39, 0.29) is 24.8 Å². The summed E-state index contributed by atoms with van der Waals surface area (Å²) in [6.45, 7) is 0.191. The van der Waals surface area contributed by atoms with Gasteiger partial charge in [-0.05, 0) is 29.3 Å². The first-order valence-corrected chi connectivity index (χ1v) is 11.1. The first-order valence-electron chi connectivity index (χ1n) is 11.1. The molecule has 1 aromatic heterocycles. The standard InChI is InChI=1S/C27H26N4O3/c32-25(29-16-19-9-3-1-4-10-19)18-30-27(34)24(31-26(33)20-11-5-2-6-12-20)15-21-17-28-23-14-8-7-13-22(21)23/h1-14,17,24,28H,15-16,18H2,(H,29,32)(H,30,34)(H,31,33)/t24-/m0/s1. The third-order valence-corrected chi connectivity index (χ3v) is 5.51. The molecule has 4 aromatic rings. The molecule has 4 rings (SSSR count). The fourth-order valence-corrected chi connectivity index (χ4v) is 3.71. The summed E-state index contributed by atoms with van der Waals surface area (Å²) < 4.78 is 0. The maximum atomic E-state index is 13.0. The molecule has 1 heterocycles. The molecule has 0 saturated heterocycles. The second-order valence-corrected chi connectivity index (χ2v) is 7.94. The molecule has 0 radical (unpaired) electrons. The Bertz CT molecular complexity index is 1270. The van der Waals surface area contributed by atoms with E-state index >= 15 is 0 Å². The highest BCUT2D eigenvalue weighted by atomic mass is 16.2. The summed E-state index contributed by atoms with van der Waals surface area (Å²) in [5.74, 6) is -1.09. The Labute approximate surface area is 197 Å². The normalized spacial score (nSPS) is 11.5. The van der Waals surface area contributed by atoms with Gasteiger partial charge in [0.15, 0.2) is 0 Å². The van der Waals surface area contributed by atoms with Crippen LogP contribution in [0.3, 0.4) is 0 Å². The summed E-state index contributed by atoms with van der Waals surface area (Å²) in [4.78, 5) is 41.3. The molecule has 0 spiro atoms. The average molecular weight is 455 g/mol. The lowest BCUT2D eigenvalue weighted by Gasteiger charge is -2.18. The number of hydrogen-bond acceptors (Lipinski definition) is 3. The fraction of sp³-hybridized carbons (Fsp3) is 0.148. The third kappa shape index (κ3) is 5.89. The lowest BCUT2D eigenvalue weighted by atomic mass is 10.0. The molecule has 7 nitrogen and oxygen atoms in total. The fourth-order valence-electron chi connectivity index (χ4n) is 3.71. The van der Waals surface area contributed by atoms with Crippen LogP contribution in [-0.2, 0) is 22.6 Å². The SMILES string of the molecule is O=C(CNC(=O)[C@H](Cc1c[nH]c2ccccc12)NC(=O)c1ccccc1)NCc1ccccc1. The molecule has 0 aliphatic carbocycles. The average Bonchev–Trinajstić information content (AvgIpc) is 3.29. The molecule has 0 aliphatic heterocycles. The molecule has 1 atom stereocenters. The van der Waals surface area contributed by atoms with Crippen LogP contribution in [0.25, 0.3) is 10.9 Å². The van der Waals surface area contributed by atoms with E-state index in [0.29, 0.717) is 12.1 Å². The molecule has 0 unspecified atom stereocenters. The predicted molar refractivity (Wildman–Crippen MR) is 131 cm³/mol. The number of aromatic nitrogens is 1. The summed E-state index contributed by atoms with van der Waals surface area (Å²) >= 11 is 0. The Morgan fingerprint density at radius 2 is 1.47 bits per heavy atom. The highest BCUT2D eigenvalue weighted by molar-refractivity contribution is 5.98. The molecular weight excluding hydrogens is 428 g/mol. The number of H-pyrrole nitrogens is 1. The molecule has 172 valence electrons. The number of aromatic amines is 1. The van der Waals surface area contributed by atoms with E-state index in [0.717, 1.165) is 22.0 Å². The molecule has 4 N–H and O–H groups in total. The van der Waals surface area contributed by atoms with Crippen molar-refractivity contribution in [1.82, 2.24) is 20.9 Å². The van der Waals surface area contributed by atoms with E-state index < -0.39 is 11.9 Å². The first-order chi connectivity index (χ1) is 16.6. The van der Waals surface area contributed by atoms with Gasteiger partial charge in [0.05, 0.1) is 6.54 Å². The maximum absolute atomic E-state index is 13.0. The van der Waals surface area contributed by atoms with Crippen LogP contribution >= 0.6 is 0 Å². The van der Waals surface area contributed by atoms with Crippen LogP contribution in [-0.4, -0.2) is 35.3 Å². The van der Waals surface area contributed by atoms with Crippen molar-refractivity contribution in [3.05, 3.63) is 108 Å². The zero-order valence-electron chi connectivity index (χ0n) is 18.6. The molecule has 3 aromatic carbocycles. The van der Waals surface area contributed by atoms with E-state index in [4.69, 9.17) is 0 Å². The molecule has 34 heavy (non-hydrogen) atoms. The van der Waals surface area contributed by atoms with Crippen LogP contribution in [0, 0.1) is 0 Å². The molecule has 0 bridgehead atoms. The Hall–Kier alpha value is -4.39. The molecule has 0 saturated carbocycles. The monoisotopic (exact) mass is 454 g/mol. The summed E-state index contributed by atoms with van der Waals surface area (Å²) in [6, 6.07) is 25.2. The van der Waals surface area contributed by atoms with Crippen LogP contribution in [0.1, 0.15) is 21.5 Å². The van der Waals surface area contributed by atoms with E-state index in [1.807, 2.05) is 66.9 Å². The maximum Gasteiger partial charge on any atom is 0.251 e. The predicted octanol–water partition coefficient (Wildman–Crippen LogP) is 2.94. The van der Waals surface area contributed by atoms with Crippen molar-refractivity contribution in [2.24, 2.45) is 0 Å². The van der Waals surface area contributed by atoms with Gasteiger partial charge in [0, 0.05) is 35.6 Å². The van der Waals surface area contributed by atoms with E-state index in [1.54, 1.807) is 24.3 Å². The number of carbonyl (C=O) groups is 3. The van der Waals surface area contributed by atoms with Crippen molar-refractivity contribution in [2.75, 3.05) is 6.54 Å². The first kappa shape index (κ1) is 22.8. The summed E-state index contributed by atoms with van der Waals surface area (Å²) in [5, 5.41) is 9.25. The smallest absolute Gasteiger partial charge is 0.251 e. The highest BCUT2D eigenvalue weighted by Crippen LogP contribution is 2.19. The number of nitrogens with one attached hydrogen (secondary N) is 4. The summed E-state index contributed by atoms with van der Waals surface area (Å²) in [6.07, 6.45) is 2.12.